The van der Waals surface area contributed by atoms with Crippen molar-refractivity contribution >= 4 is 38.6 Å². The standard InChI is InChI=1S/C20H11N2O2/c23-20(19-9-12-5-1-4-8-18(12)24-19)16-10-14-13-6-2-3-7-15(13)22-17(14)11-21-16/h1-10,22H. The first-order chi connectivity index (χ1) is 11.8. The van der Waals surface area contributed by atoms with Gasteiger partial charge in [-0.1, -0.05) is 36.4 Å². The van der Waals surface area contributed by atoms with Crippen molar-refractivity contribution in [1.29, 1.82) is 0 Å². The van der Waals surface area contributed by atoms with E-state index in [-0.39, 0.29) is 11.5 Å². The van der Waals surface area contributed by atoms with Crippen LogP contribution in [0.2, 0.25) is 0 Å². The van der Waals surface area contributed by atoms with E-state index in [9.17, 15) is 4.79 Å². The zero-order valence-electron chi connectivity index (χ0n) is 12.5. The van der Waals surface area contributed by atoms with Gasteiger partial charge in [0.2, 0.25) is 5.78 Å². The molecule has 0 aliphatic rings. The molecule has 0 bridgehead atoms. The molecule has 0 amide bonds. The van der Waals surface area contributed by atoms with E-state index in [1.807, 2.05) is 48.5 Å². The van der Waals surface area contributed by atoms with Crippen LogP contribution in [0.25, 0.3) is 32.8 Å². The molecular weight excluding hydrogens is 300 g/mol. The molecule has 0 unspecified atom stereocenters. The summed E-state index contributed by atoms with van der Waals surface area (Å²) in [5, 5.41) is 2.88. The summed E-state index contributed by atoms with van der Waals surface area (Å²) < 4.78 is 5.65. The molecule has 0 aliphatic heterocycles. The number of hydrogen-bond acceptors (Lipinski definition) is 3. The highest BCUT2D eigenvalue weighted by atomic mass is 16.3. The van der Waals surface area contributed by atoms with Crippen molar-refractivity contribution in [2.75, 3.05) is 0 Å². The number of nitrogens with one attached hydrogen (secondary N) is 1. The summed E-state index contributed by atoms with van der Waals surface area (Å²) in [5.74, 6) is 0.0472. The monoisotopic (exact) mass is 311 g/mol. The van der Waals surface area contributed by atoms with Crippen molar-refractivity contribution in [1.82, 2.24) is 9.97 Å². The highest BCUT2D eigenvalue weighted by Gasteiger charge is 2.17. The quantitative estimate of drug-likeness (QED) is 0.488. The van der Waals surface area contributed by atoms with Crippen LogP contribution >= 0.6 is 0 Å². The maximum absolute atomic E-state index is 12.7. The van der Waals surface area contributed by atoms with E-state index < -0.39 is 0 Å². The molecule has 0 saturated heterocycles. The zero-order chi connectivity index (χ0) is 16.1. The van der Waals surface area contributed by atoms with E-state index >= 15 is 0 Å². The topological polar surface area (TPSA) is 58.9 Å². The summed E-state index contributed by atoms with van der Waals surface area (Å²) in [4.78, 5) is 20.2. The molecule has 1 N–H and O–H groups in total. The molecule has 113 valence electrons. The van der Waals surface area contributed by atoms with Gasteiger partial charge in [-0.25, -0.2) is 4.98 Å². The van der Waals surface area contributed by atoms with Crippen LogP contribution < -0.4 is 0 Å². The van der Waals surface area contributed by atoms with Gasteiger partial charge >= 0.3 is 0 Å². The fourth-order valence-electron chi connectivity index (χ4n) is 3.02. The van der Waals surface area contributed by atoms with Crippen molar-refractivity contribution < 1.29 is 9.21 Å². The van der Waals surface area contributed by atoms with Gasteiger partial charge in [-0.05, 0) is 24.3 Å². The molecule has 24 heavy (non-hydrogen) atoms. The number of nitrogens with zero attached hydrogens (tertiary/aromatic N) is 1. The van der Waals surface area contributed by atoms with Gasteiger partial charge in [0.1, 0.15) is 17.5 Å². The second-order valence-corrected chi connectivity index (χ2v) is 5.69. The van der Waals surface area contributed by atoms with Gasteiger partial charge in [0.25, 0.3) is 0 Å². The number of carbonyl (C=O) groups excluding carboxylic acids is 1. The number of pyridine rings is 1. The van der Waals surface area contributed by atoms with Gasteiger partial charge in [0, 0.05) is 21.7 Å². The van der Waals surface area contributed by atoms with E-state index in [2.05, 4.69) is 16.2 Å². The van der Waals surface area contributed by atoms with Crippen molar-refractivity contribution in [3.63, 3.8) is 0 Å². The van der Waals surface area contributed by atoms with Crippen molar-refractivity contribution in [2.24, 2.45) is 0 Å². The maximum atomic E-state index is 12.7. The van der Waals surface area contributed by atoms with Crippen LogP contribution in [0.15, 0.2) is 65.1 Å². The third-order valence-corrected chi connectivity index (χ3v) is 4.20. The Bertz CT molecular complexity index is 1200. The number of aromatic amines is 1. The molecule has 5 rings (SSSR count). The summed E-state index contributed by atoms with van der Waals surface area (Å²) in [7, 11) is 0. The van der Waals surface area contributed by atoms with Crippen LogP contribution in [0.4, 0.5) is 0 Å². The molecular formula is C20H11N2O2. The number of fused-ring (bicyclic) bond motifs is 4. The van der Waals surface area contributed by atoms with E-state index in [1.165, 1.54) is 0 Å². The normalized spacial score (nSPS) is 11.5. The molecule has 1 radical (unpaired) electrons. The number of para-hydroxylation sites is 2. The van der Waals surface area contributed by atoms with E-state index in [4.69, 9.17) is 4.42 Å². The molecule has 0 aliphatic carbocycles. The van der Waals surface area contributed by atoms with Crippen LogP contribution in [0.1, 0.15) is 16.2 Å². The predicted octanol–water partition coefficient (Wildman–Crippen LogP) is 4.49. The Morgan fingerprint density at radius 1 is 1.00 bits per heavy atom. The molecule has 4 heteroatoms. The van der Waals surface area contributed by atoms with Crippen molar-refractivity contribution in [2.45, 2.75) is 0 Å². The number of benzene rings is 2. The maximum Gasteiger partial charge on any atom is 0.246 e. The fraction of sp³-hybridized carbons (Fsp3) is 0. The van der Waals surface area contributed by atoms with Gasteiger partial charge in [-0.3, -0.25) is 4.79 Å². The third kappa shape index (κ3) is 1.86. The summed E-state index contributed by atoms with van der Waals surface area (Å²) in [6.07, 6.45) is 2.93. The average Bonchev–Trinajstić information content (AvgIpc) is 3.21. The Kier molecular flexibility index (Phi) is 2.61. The first kappa shape index (κ1) is 13.1. The minimum absolute atomic E-state index is 0.241. The van der Waals surface area contributed by atoms with E-state index in [1.54, 1.807) is 12.1 Å². The molecule has 0 saturated carbocycles. The average molecular weight is 311 g/mol. The number of H-pyrrole nitrogens is 1. The number of aromatic nitrogens is 2. The lowest BCUT2D eigenvalue weighted by atomic mass is 10.1. The van der Waals surface area contributed by atoms with Crippen molar-refractivity contribution in [3.8, 4) is 0 Å². The Labute approximate surface area is 136 Å². The van der Waals surface area contributed by atoms with Crippen molar-refractivity contribution in [3.05, 3.63) is 78.3 Å². The van der Waals surface area contributed by atoms with Crippen LogP contribution in [0.5, 0.6) is 0 Å². The number of rotatable bonds is 2. The molecule has 0 spiro atoms. The molecule has 3 aromatic heterocycles. The number of carbonyl (C=O) groups is 1. The number of furan rings is 1. The Morgan fingerprint density at radius 2 is 1.83 bits per heavy atom. The molecule has 0 atom stereocenters. The minimum Gasteiger partial charge on any atom is -0.453 e. The predicted molar refractivity (Wildman–Crippen MR) is 92.1 cm³/mol. The van der Waals surface area contributed by atoms with Gasteiger partial charge in [-0.2, -0.15) is 0 Å². The lowest BCUT2D eigenvalue weighted by molar-refractivity contribution is 0.101. The molecule has 2 aromatic carbocycles. The zero-order valence-corrected chi connectivity index (χ0v) is 12.5. The van der Waals surface area contributed by atoms with E-state index in [0.29, 0.717) is 11.3 Å². The largest absolute Gasteiger partial charge is 0.453 e. The summed E-state index contributed by atoms with van der Waals surface area (Å²) in [6, 6.07) is 19.0. The lowest BCUT2D eigenvalue weighted by Gasteiger charge is -1.97. The number of hydrogen-bond donors (Lipinski definition) is 1. The first-order valence-electron chi connectivity index (χ1n) is 7.62. The lowest BCUT2D eigenvalue weighted by Crippen LogP contribution is -2.02. The molecule has 5 aromatic rings. The summed E-state index contributed by atoms with van der Waals surface area (Å²) >= 11 is 0. The highest BCUT2D eigenvalue weighted by Crippen LogP contribution is 2.26. The van der Waals surface area contributed by atoms with Crippen LogP contribution in [0, 0.1) is 6.20 Å². The Balaban J connectivity index is 1.67. The van der Waals surface area contributed by atoms with Crippen LogP contribution in [0.3, 0.4) is 0 Å². The van der Waals surface area contributed by atoms with E-state index in [0.717, 1.165) is 27.2 Å². The van der Waals surface area contributed by atoms with Gasteiger partial charge in [-0.15, -0.1) is 0 Å². The SMILES string of the molecule is O=C(c1cc2c([c]n1)[nH]c1ccccc12)c1cc2ccccc2o1. The molecule has 0 fully saturated rings. The van der Waals surface area contributed by atoms with Gasteiger partial charge in [0.15, 0.2) is 5.76 Å². The van der Waals surface area contributed by atoms with Gasteiger partial charge < -0.3 is 9.40 Å². The number of ketones is 1. The fourth-order valence-corrected chi connectivity index (χ4v) is 3.02. The minimum atomic E-state index is -0.241. The Morgan fingerprint density at radius 3 is 2.75 bits per heavy atom. The second kappa shape index (κ2) is 4.80. The Hall–Kier alpha value is -3.40. The second-order valence-electron chi connectivity index (χ2n) is 5.69. The van der Waals surface area contributed by atoms with Crippen LogP contribution in [-0.4, -0.2) is 15.8 Å². The smallest absolute Gasteiger partial charge is 0.246 e. The van der Waals surface area contributed by atoms with Gasteiger partial charge in [0.05, 0.1) is 5.52 Å². The highest BCUT2D eigenvalue weighted by molar-refractivity contribution is 6.12. The third-order valence-electron chi connectivity index (χ3n) is 4.20. The summed E-state index contributed by atoms with van der Waals surface area (Å²) in [5.41, 5.74) is 2.81. The van der Waals surface area contributed by atoms with Crippen LogP contribution in [-0.2, 0) is 0 Å². The summed E-state index contributed by atoms with van der Waals surface area (Å²) in [6.45, 7) is 0. The molecule has 3 heterocycles. The first-order valence-corrected chi connectivity index (χ1v) is 7.62. The molecule has 4 nitrogen and oxygen atoms in total.